The van der Waals surface area contributed by atoms with Gasteiger partial charge in [0, 0.05) is 37.8 Å². The molecule has 0 fully saturated rings. The fourth-order valence-corrected chi connectivity index (χ4v) is 6.76. The van der Waals surface area contributed by atoms with Gasteiger partial charge in [0.1, 0.15) is 24.2 Å². The molecule has 0 aromatic heterocycles. The molecule has 17 nitrogen and oxygen atoms in total. The SMILES string of the molecule is CCC(C)[C@H](NC(=O)CCCCCCCCCCCCCCC(=O)N[C@@H](CC(N)=O)C(=O)N[C@@H](Cc1ccccc1)C(=O)O)C(=O)N[C@@H](Cc1ccc([N+](=O)[O-])cc1)C(N)=O. The highest BCUT2D eigenvalue weighted by Gasteiger charge is 2.30. The molecular weight excluding hydrogens is 787 g/mol. The molecule has 0 aliphatic heterocycles. The Morgan fingerprint density at radius 3 is 1.54 bits per heavy atom. The first kappa shape index (κ1) is 51.3. The highest BCUT2D eigenvalue weighted by atomic mass is 16.6. The van der Waals surface area contributed by atoms with Crippen LogP contribution in [0.3, 0.4) is 0 Å². The van der Waals surface area contributed by atoms with Gasteiger partial charge in [0.15, 0.2) is 0 Å². The van der Waals surface area contributed by atoms with Gasteiger partial charge in [-0.15, -0.1) is 0 Å². The molecule has 0 radical (unpaired) electrons. The molecule has 2 rings (SSSR count). The number of nitro groups is 1. The van der Waals surface area contributed by atoms with Crippen LogP contribution in [-0.2, 0) is 46.4 Å². The average molecular weight is 852 g/mol. The van der Waals surface area contributed by atoms with Crippen LogP contribution in [0.1, 0.15) is 128 Å². The minimum atomic E-state index is -1.27. The Morgan fingerprint density at radius 2 is 1.08 bits per heavy atom. The summed E-state index contributed by atoms with van der Waals surface area (Å²) in [6, 6.07) is 9.99. The summed E-state index contributed by atoms with van der Waals surface area (Å²) in [6.07, 6.45) is 12.1. The number of carboxylic acids is 1. The predicted octanol–water partition coefficient (Wildman–Crippen LogP) is 4.27. The highest BCUT2D eigenvalue weighted by molar-refractivity contribution is 5.94. The van der Waals surface area contributed by atoms with Crippen molar-refractivity contribution in [2.24, 2.45) is 17.4 Å². The molecule has 336 valence electrons. The lowest BCUT2D eigenvalue weighted by Crippen LogP contribution is -2.55. The molecule has 0 heterocycles. The summed E-state index contributed by atoms with van der Waals surface area (Å²) in [7, 11) is 0. The Hall–Kier alpha value is -5.87. The maximum Gasteiger partial charge on any atom is 0.326 e. The molecule has 2 aromatic rings. The predicted molar refractivity (Wildman–Crippen MR) is 229 cm³/mol. The molecular formula is C44H65N7O10. The number of carboxylic acid groups (broad SMARTS) is 1. The number of nitrogens with one attached hydrogen (secondary N) is 4. The van der Waals surface area contributed by atoms with Gasteiger partial charge in [-0.25, -0.2) is 4.79 Å². The quantitative estimate of drug-likeness (QED) is 0.0312. The largest absolute Gasteiger partial charge is 0.480 e. The van der Waals surface area contributed by atoms with Gasteiger partial charge in [0.05, 0.1) is 11.3 Å². The van der Waals surface area contributed by atoms with Gasteiger partial charge in [-0.3, -0.25) is 38.9 Å². The van der Waals surface area contributed by atoms with E-state index in [9.17, 15) is 48.8 Å². The number of nitrogens with zero attached hydrogens (tertiary/aromatic N) is 1. The minimum absolute atomic E-state index is 0.0371. The third kappa shape index (κ3) is 21.3. The van der Waals surface area contributed by atoms with Crippen molar-refractivity contribution in [3.05, 3.63) is 75.8 Å². The summed E-state index contributed by atoms with van der Waals surface area (Å²) < 4.78 is 0. The lowest BCUT2D eigenvalue weighted by molar-refractivity contribution is -0.384. The van der Waals surface area contributed by atoms with Crippen molar-refractivity contribution in [3.63, 3.8) is 0 Å². The van der Waals surface area contributed by atoms with Gasteiger partial charge in [0.25, 0.3) is 5.69 Å². The second-order valence-electron chi connectivity index (χ2n) is 15.6. The van der Waals surface area contributed by atoms with Crippen molar-refractivity contribution in [2.75, 3.05) is 0 Å². The summed E-state index contributed by atoms with van der Waals surface area (Å²) in [5, 5.41) is 31.0. The third-order valence-electron chi connectivity index (χ3n) is 10.6. The first-order valence-corrected chi connectivity index (χ1v) is 21.4. The molecule has 6 amide bonds. The molecule has 1 unspecified atom stereocenters. The maximum atomic E-state index is 13.2. The average Bonchev–Trinajstić information content (AvgIpc) is 3.22. The van der Waals surface area contributed by atoms with Gasteiger partial charge in [-0.2, -0.15) is 0 Å². The summed E-state index contributed by atoms with van der Waals surface area (Å²) in [5.74, 6) is -4.95. The van der Waals surface area contributed by atoms with E-state index in [-0.39, 0.29) is 43.2 Å². The number of non-ortho nitro benzene ring substituents is 1. The van der Waals surface area contributed by atoms with Crippen molar-refractivity contribution >= 4 is 47.1 Å². The van der Waals surface area contributed by atoms with Crippen molar-refractivity contribution in [1.82, 2.24) is 21.3 Å². The normalized spacial score (nSPS) is 13.4. The number of carbonyl (C=O) groups excluding carboxylic acids is 6. The molecule has 0 bridgehead atoms. The number of hydrogen-bond acceptors (Lipinski definition) is 9. The van der Waals surface area contributed by atoms with Crippen LogP contribution in [0.2, 0.25) is 0 Å². The molecule has 9 N–H and O–H groups in total. The Morgan fingerprint density at radius 1 is 0.623 bits per heavy atom. The van der Waals surface area contributed by atoms with Gasteiger partial charge < -0.3 is 37.8 Å². The van der Waals surface area contributed by atoms with E-state index >= 15 is 0 Å². The van der Waals surface area contributed by atoms with Gasteiger partial charge in [-0.1, -0.05) is 127 Å². The number of nitrogens with two attached hydrogens (primary N) is 2. The zero-order valence-corrected chi connectivity index (χ0v) is 35.5. The summed E-state index contributed by atoms with van der Waals surface area (Å²) >= 11 is 0. The van der Waals surface area contributed by atoms with E-state index in [0.717, 1.165) is 64.2 Å². The number of hydrogen-bond donors (Lipinski definition) is 7. The number of unbranched alkanes of at least 4 members (excludes halogenated alkanes) is 11. The number of aliphatic carboxylic acids is 1. The number of rotatable bonds is 32. The minimum Gasteiger partial charge on any atom is -0.480 e. The molecule has 2 aromatic carbocycles. The molecule has 0 saturated carbocycles. The maximum absolute atomic E-state index is 13.2. The lowest BCUT2D eigenvalue weighted by Gasteiger charge is -2.26. The van der Waals surface area contributed by atoms with E-state index in [1.54, 1.807) is 30.3 Å². The first-order chi connectivity index (χ1) is 29.1. The topological polar surface area (TPSA) is 283 Å². The molecule has 17 heteroatoms. The molecule has 5 atom stereocenters. The van der Waals surface area contributed by atoms with Gasteiger partial charge >= 0.3 is 5.97 Å². The fourth-order valence-electron chi connectivity index (χ4n) is 6.76. The number of benzene rings is 2. The smallest absolute Gasteiger partial charge is 0.326 e. The highest BCUT2D eigenvalue weighted by Crippen LogP contribution is 2.16. The van der Waals surface area contributed by atoms with E-state index < -0.39 is 71.0 Å². The van der Waals surface area contributed by atoms with Crippen LogP contribution < -0.4 is 32.7 Å². The van der Waals surface area contributed by atoms with Gasteiger partial charge in [0.2, 0.25) is 35.4 Å². The van der Waals surface area contributed by atoms with Crippen LogP contribution in [0.15, 0.2) is 54.6 Å². The summed E-state index contributed by atoms with van der Waals surface area (Å²) in [6.45, 7) is 3.74. The van der Waals surface area contributed by atoms with Crippen LogP contribution in [0.5, 0.6) is 0 Å². The number of carbonyl (C=O) groups is 7. The first-order valence-electron chi connectivity index (χ1n) is 21.4. The monoisotopic (exact) mass is 851 g/mol. The van der Waals surface area contributed by atoms with E-state index in [0.29, 0.717) is 30.4 Å². The summed E-state index contributed by atoms with van der Waals surface area (Å²) in [5.41, 5.74) is 12.1. The Labute approximate surface area is 358 Å². The van der Waals surface area contributed by atoms with E-state index in [1.165, 1.54) is 24.3 Å². The van der Waals surface area contributed by atoms with Crippen LogP contribution in [-0.4, -0.2) is 75.6 Å². The van der Waals surface area contributed by atoms with Crippen LogP contribution in [0.4, 0.5) is 5.69 Å². The second kappa shape index (κ2) is 28.6. The van der Waals surface area contributed by atoms with Gasteiger partial charge in [-0.05, 0) is 29.9 Å². The molecule has 61 heavy (non-hydrogen) atoms. The summed E-state index contributed by atoms with van der Waals surface area (Å²) in [4.78, 5) is 97.4. The molecule has 0 saturated heterocycles. The van der Waals surface area contributed by atoms with Crippen molar-refractivity contribution in [1.29, 1.82) is 0 Å². The van der Waals surface area contributed by atoms with E-state index in [1.807, 2.05) is 13.8 Å². The number of amides is 6. The van der Waals surface area contributed by atoms with Crippen molar-refractivity contribution in [3.8, 4) is 0 Å². The third-order valence-corrected chi connectivity index (χ3v) is 10.6. The number of primary amides is 2. The van der Waals surface area contributed by atoms with Crippen LogP contribution in [0.25, 0.3) is 0 Å². The molecule has 0 aliphatic rings. The zero-order valence-electron chi connectivity index (χ0n) is 35.5. The van der Waals surface area contributed by atoms with E-state index in [2.05, 4.69) is 21.3 Å². The standard InChI is InChI=1S/C44H65N7O10/c1-3-30(2)40(43(57)48-34(41(46)55)27-32-23-25-33(26-24-32)51(60)61)50-39(54)22-18-13-11-9-7-5-4-6-8-10-12-17-21-38(53)47-35(29-37(45)52)42(56)49-36(44(58)59)28-31-19-15-14-16-20-31/h14-16,19-20,23-26,30,34-36,40H,3-13,17-18,21-22,27-29H2,1-2H3,(H2,45,52)(H2,46,55)(H,47,53)(H,48,57)(H,49,56)(H,50,54)(H,58,59)/t30?,34-,35-,36-,40-/m0/s1. The Bertz CT molecular complexity index is 1720. The zero-order chi connectivity index (χ0) is 45.2. The second-order valence-corrected chi connectivity index (χ2v) is 15.6. The Balaban J connectivity index is 1.59. The lowest BCUT2D eigenvalue weighted by atomic mass is 9.97. The van der Waals surface area contributed by atoms with Crippen molar-refractivity contribution < 1.29 is 43.6 Å². The van der Waals surface area contributed by atoms with E-state index in [4.69, 9.17) is 11.5 Å². The number of nitro benzene ring substituents is 1. The molecule has 0 aliphatic carbocycles. The Kier molecular flexibility index (Phi) is 24.0. The van der Waals surface area contributed by atoms with Crippen LogP contribution >= 0.6 is 0 Å². The van der Waals surface area contributed by atoms with Crippen LogP contribution in [0, 0.1) is 16.0 Å². The van der Waals surface area contributed by atoms with Crippen molar-refractivity contribution in [2.45, 2.75) is 154 Å². The fraction of sp³-hybridized carbons (Fsp3) is 0.568. The molecule has 0 spiro atoms.